The Labute approximate surface area is 162 Å². The smallest absolute Gasteiger partial charge is 0.254 e. The zero-order chi connectivity index (χ0) is 18.8. The first kappa shape index (κ1) is 18.1. The standard InChI is InChI=1S/C19H24N6OS/c1-2-3-15-10-14(12-27-15)19(26)24-8-4-13(11-24)16-17-18(22-7-6-21-17)25(23-16)9-5-20/h6-7,10,12-13H,2-5,8-9,11,20H2,1H3/t13-/m0/s1. The topological polar surface area (TPSA) is 89.9 Å². The lowest BCUT2D eigenvalue weighted by Crippen LogP contribution is -2.28. The number of aryl methyl sites for hydroxylation is 1. The number of carbonyl (C=O) groups is 1. The van der Waals surface area contributed by atoms with Crippen molar-refractivity contribution in [3.05, 3.63) is 40.0 Å². The summed E-state index contributed by atoms with van der Waals surface area (Å²) in [5.74, 6) is 0.300. The Morgan fingerprint density at radius 3 is 3.04 bits per heavy atom. The van der Waals surface area contributed by atoms with Crippen LogP contribution < -0.4 is 5.73 Å². The Bertz CT molecular complexity index is 949. The van der Waals surface area contributed by atoms with Crippen molar-refractivity contribution in [2.24, 2.45) is 5.73 Å². The van der Waals surface area contributed by atoms with Crippen LogP contribution in [0, 0.1) is 0 Å². The highest BCUT2D eigenvalue weighted by atomic mass is 32.1. The first-order valence-corrected chi connectivity index (χ1v) is 10.3. The minimum absolute atomic E-state index is 0.118. The van der Waals surface area contributed by atoms with Gasteiger partial charge in [-0.25, -0.2) is 14.6 Å². The van der Waals surface area contributed by atoms with E-state index in [0.717, 1.165) is 48.2 Å². The van der Waals surface area contributed by atoms with Crippen LogP contribution in [-0.2, 0) is 13.0 Å². The van der Waals surface area contributed by atoms with E-state index in [1.807, 2.05) is 21.0 Å². The molecular formula is C19H24N6OS. The Morgan fingerprint density at radius 2 is 2.22 bits per heavy atom. The van der Waals surface area contributed by atoms with Crippen LogP contribution in [0.5, 0.6) is 0 Å². The number of hydrogen-bond donors (Lipinski definition) is 1. The fourth-order valence-corrected chi connectivity index (χ4v) is 4.66. The van der Waals surface area contributed by atoms with Gasteiger partial charge in [-0.2, -0.15) is 5.10 Å². The fourth-order valence-electron chi connectivity index (χ4n) is 3.70. The van der Waals surface area contributed by atoms with Crippen molar-refractivity contribution >= 4 is 28.4 Å². The van der Waals surface area contributed by atoms with Gasteiger partial charge in [0.2, 0.25) is 0 Å². The molecule has 0 saturated carbocycles. The van der Waals surface area contributed by atoms with Crippen molar-refractivity contribution in [1.82, 2.24) is 24.6 Å². The van der Waals surface area contributed by atoms with E-state index in [1.165, 1.54) is 4.88 Å². The summed E-state index contributed by atoms with van der Waals surface area (Å²) < 4.78 is 1.83. The first-order chi connectivity index (χ1) is 13.2. The van der Waals surface area contributed by atoms with Crippen LogP contribution in [0.15, 0.2) is 23.8 Å². The summed E-state index contributed by atoms with van der Waals surface area (Å²) >= 11 is 1.68. The third-order valence-electron chi connectivity index (χ3n) is 4.99. The van der Waals surface area contributed by atoms with Crippen molar-refractivity contribution in [3.63, 3.8) is 0 Å². The molecule has 1 aliphatic rings. The molecule has 3 aromatic heterocycles. The van der Waals surface area contributed by atoms with Crippen molar-refractivity contribution in [2.75, 3.05) is 19.6 Å². The second-order valence-corrected chi connectivity index (χ2v) is 7.91. The van der Waals surface area contributed by atoms with Crippen LogP contribution in [0.2, 0.25) is 0 Å². The highest BCUT2D eigenvalue weighted by Crippen LogP contribution is 2.31. The van der Waals surface area contributed by atoms with E-state index in [9.17, 15) is 4.79 Å². The lowest BCUT2D eigenvalue weighted by atomic mass is 10.0. The molecule has 0 aromatic carbocycles. The molecule has 4 heterocycles. The van der Waals surface area contributed by atoms with Gasteiger partial charge in [0.1, 0.15) is 5.52 Å². The highest BCUT2D eigenvalue weighted by Gasteiger charge is 2.32. The van der Waals surface area contributed by atoms with E-state index >= 15 is 0 Å². The number of likely N-dealkylation sites (tertiary alicyclic amines) is 1. The summed E-state index contributed by atoms with van der Waals surface area (Å²) in [5.41, 5.74) is 9.03. The summed E-state index contributed by atoms with van der Waals surface area (Å²) in [4.78, 5) is 25.0. The molecule has 1 saturated heterocycles. The highest BCUT2D eigenvalue weighted by molar-refractivity contribution is 7.10. The van der Waals surface area contributed by atoms with Gasteiger partial charge in [-0.05, 0) is 18.9 Å². The minimum Gasteiger partial charge on any atom is -0.338 e. The molecule has 3 aromatic rings. The number of carbonyl (C=O) groups excluding carboxylic acids is 1. The van der Waals surface area contributed by atoms with Gasteiger partial charge in [0.05, 0.1) is 17.8 Å². The first-order valence-electron chi connectivity index (χ1n) is 9.45. The van der Waals surface area contributed by atoms with Crippen LogP contribution >= 0.6 is 11.3 Å². The maximum atomic E-state index is 12.9. The normalized spacial score (nSPS) is 17.1. The number of nitrogens with two attached hydrogens (primary N) is 1. The second kappa shape index (κ2) is 7.74. The molecule has 1 fully saturated rings. The van der Waals surface area contributed by atoms with Crippen LogP contribution in [0.3, 0.4) is 0 Å². The lowest BCUT2D eigenvalue weighted by Gasteiger charge is -2.15. The minimum atomic E-state index is 0.118. The average molecular weight is 385 g/mol. The SMILES string of the molecule is CCCc1cc(C(=O)N2CC[C@H](c3nn(CCN)c4nccnc34)C2)cs1. The number of hydrogen-bond acceptors (Lipinski definition) is 6. The molecule has 142 valence electrons. The quantitative estimate of drug-likeness (QED) is 0.705. The van der Waals surface area contributed by atoms with Crippen LogP contribution in [0.25, 0.3) is 11.2 Å². The molecule has 1 amide bonds. The van der Waals surface area contributed by atoms with Gasteiger partial charge in [0.25, 0.3) is 5.91 Å². The van der Waals surface area contributed by atoms with Gasteiger partial charge in [0, 0.05) is 48.2 Å². The molecule has 27 heavy (non-hydrogen) atoms. The summed E-state index contributed by atoms with van der Waals surface area (Å²) in [7, 11) is 0. The molecule has 0 bridgehead atoms. The predicted molar refractivity (Wildman–Crippen MR) is 106 cm³/mol. The van der Waals surface area contributed by atoms with Crippen molar-refractivity contribution in [1.29, 1.82) is 0 Å². The molecule has 0 spiro atoms. The zero-order valence-electron chi connectivity index (χ0n) is 15.5. The number of aromatic nitrogens is 4. The summed E-state index contributed by atoms with van der Waals surface area (Å²) in [5, 5.41) is 6.72. The molecule has 0 radical (unpaired) electrons. The molecule has 1 aliphatic heterocycles. The number of rotatable bonds is 6. The Morgan fingerprint density at radius 1 is 1.37 bits per heavy atom. The summed E-state index contributed by atoms with van der Waals surface area (Å²) in [6.45, 7) is 4.68. The van der Waals surface area contributed by atoms with Gasteiger partial charge in [-0.1, -0.05) is 13.3 Å². The van der Waals surface area contributed by atoms with E-state index in [0.29, 0.717) is 19.6 Å². The van der Waals surface area contributed by atoms with Gasteiger partial charge in [-0.15, -0.1) is 11.3 Å². The van der Waals surface area contributed by atoms with Gasteiger partial charge >= 0.3 is 0 Å². The Hall–Kier alpha value is -2.32. The monoisotopic (exact) mass is 384 g/mol. The van der Waals surface area contributed by atoms with Gasteiger partial charge < -0.3 is 10.6 Å². The van der Waals surface area contributed by atoms with E-state index in [2.05, 4.69) is 16.9 Å². The zero-order valence-corrected chi connectivity index (χ0v) is 16.3. The van der Waals surface area contributed by atoms with Gasteiger partial charge in [0.15, 0.2) is 5.65 Å². The average Bonchev–Trinajstić information content (AvgIpc) is 3.41. The Balaban J connectivity index is 1.54. The third kappa shape index (κ3) is 3.46. The van der Waals surface area contributed by atoms with Crippen molar-refractivity contribution < 1.29 is 4.79 Å². The van der Waals surface area contributed by atoms with E-state index in [-0.39, 0.29) is 11.8 Å². The molecule has 0 unspecified atom stereocenters. The molecule has 8 heteroatoms. The molecule has 1 atom stereocenters. The molecular weight excluding hydrogens is 360 g/mol. The Kier molecular flexibility index (Phi) is 5.18. The predicted octanol–water partition coefficient (Wildman–Crippen LogP) is 2.43. The van der Waals surface area contributed by atoms with E-state index in [1.54, 1.807) is 23.7 Å². The largest absolute Gasteiger partial charge is 0.338 e. The summed E-state index contributed by atoms with van der Waals surface area (Å²) in [6.07, 6.45) is 6.39. The van der Waals surface area contributed by atoms with Crippen LogP contribution in [-0.4, -0.2) is 50.2 Å². The van der Waals surface area contributed by atoms with Gasteiger partial charge in [-0.3, -0.25) is 4.79 Å². The third-order valence-corrected chi connectivity index (χ3v) is 5.99. The van der Waals surface area contributed by atoms with E-state index in [4.69, 9.17) is 10.8 Å². The molecule has 7 nitrogen and oxygen atoms in total. The second-order valence-electron chi connectivity index (χ2n) is 6.91. The number of thiophene rings is 1. The van der Waals surface area contributed by atoms with Crippen molar-refractivity contribution in [2.45, 2.75) is 38.6 Å². The van der Waals surface area contributed by atoms with E-state index < -0.39 is 0 Å². The van der Waals surface area contributed by atoms with Crippen molar-refractivity contribution in [3.8, 4) is 0 Å². The number of nitrogens with zero attached hydrogens (tertiary/aromatic N) is 5. The fraction of sp³-hybridized carbons (Fsp3) is 0.474. The molecule has 4 rings (SSSR count). The molecule has 0 aliphatic carbocycles. The van der Waals surface area contributed by atoms with Crippen LogP contribution in [0.4, 0.5) is 0 Å². The number of fused-ring (bicyclic) bond motifs is 1. The maximum absolute atomic E-state index is 12.9. The molecule has 2 N–H and O–H groups in total. The van der Waals surface area contributed by atoms with Crippen LogP contribution in [0.1, 0.15) is 46.6 Å². The number of amides is 1. The summed E-state index contributed by atoms with van der Waals surface area (Å²) in [6, 6.07) is 2.04. The maximum Gasteiger partial charge on any atom is 0.254 e. The lowest BCUT2D eigenvalue weighted by molar-refractivity contribution is 0.0791.